The molecule has 0 amide bonds. The summed E-state index contributed by atoms with van der Waals surface area (Å²) in [6.45, 7) is 7.76. The first-order valence-corrected chi connectivity index (χ1v) is 17.4. The molecule has 46 heavy (non-hydrogen) atoms. The van der Waals surface area contributed by atoms with Gasteiger partial charge in [0.05, 0.1) is 21.2 Å². The van der Waals surface area contributed by atoms with Crippen LogP contribution in [0.3, 0.4) is 0 Å². The Morgan fingerprint density at radius 3 is 1.13 bits per heavy atom. The summed E-state index contributed by atoms with van der Waals surface area (Å²) in [6.07, 6.45) is 0. The molecule has 5 rings (SSSR count). The highest BCUT2D eigenvalue weighted by atomic mass is 32.2. The van der Waals surface area contributed by atoms with Gasteiger partial charge in [0.2, 0.25) is 0 Å². The molecule has 8 heteroatoms. The van der Waals surface area contributed by atoms with Gasteiger partial charge in [0, 0.05) is 22.3 Å². The molecule has 0 saturated carbocycles. The molecular weight excluding hydrogens is 613 g/mol. The molecule has 0 unspecified atom stereocenters. The second kappa shape index (κ2) is 13.4. The maximum absolute atomic E-state index is 13.1. The van der Waals surface area contributed by atoms with E-state index in [1.54, 1.807) is 97.1 Å². The average Bonchev–Trinajstić information content (AvgIpc) is 3.02. The molecule has 0 spiro atoms. The van der Waals surface area contributed by atoms with Crippen LogP contribution in [0.2, 0.25) is 0 Å². The van der Waals surface area contributed by atoms with E-state index in [1.807, 2.05) is 39.8 Å². The van der Waals surface area contributed by atoms with Crippen molar-refractivity contribution in [2.24, 2.45) is 0 Å². The topological polar surface area (TPSA) is 92.3 Å². The normalized spacial score (nSPS) is 11.0. The number of benzene rings is 5. The lowest BCUT2D eigenvalue weighted by molar-refractivity contribution is 0.599. The highest BCUT2D eigenvalue weighted by molar-refractivity contribution is 7.93. The minimum Gasteiger partial charge on any atom is -0.278 e. The quantitative estimate of drug-likeness (QED) is 0.190. The number of nitrogens with one attached hydrogen (secondary N) is 2. The first kappa shape index (κ1) is 32.1. The Labute approximate surface area is 271 Å². The van der Waals surface area contributed by atoms with Crippen molar-refractivity contribution in [3.63, 3.8) is 0 Å². The minimum absolute atomic E-state index is 0.161. The van der Waals surface area contributed by atoms with Crippen molar-refractivity contribution in [2.75, 3.05) is 9.44 Å². The third kappa shape index (κ3) is 7.68. The zero-order chi connectivity index (χ0) is 32.9. The van der Waals surface area contributed by atoms with Gasteiger partial charge in [-0.1, -0.05) is 83.3 Å². The van der Waals surface area contributed by atoms with Crippen LogP contribution in [0.1, 0.15) is 44.5 Å². The van der Waals surface area contributed by atoms with Crippen LogP contribution < -0.4 is 9.44 Å². The minimum atomic E-state index is -3.82. The van der Waals surface area contributed by atoms with Gasteiger partial charge in [0.1, 0.15) is 0 Å². The Kier molecular flexibility index (Phi) is 9.34. The second-order valence-corrected chi connectivity index (χ2v) is 14.3. The molecule has 0 aromatic heterocycles. The van der Waals surface area contributed by atoms with E-state index in [1.165, 1.54) is 0 Å². The van der Waals surface area contributed by atoms with Crippen LogP contribution in [0.25, 0.3) is 0 Å². The van der Waals surface area contributed by atoms with Crippen LogP contribution in [0.15, 0.2) is 119 Å². The van der Waals surface area contributed by atoms with Crippen molar-refractivity contribution >= 4 is 31.4 Å². The number of hydrogen-bond donors (Lipinski definition) is 2. The maximum atomic E-state index is 13.1. The smallest absolute Gasteiger partial charge is 0.261 e. The van der Waals surface area contributed by atoms with Gasteiger partial charge in [-0.15, -0.1) is 0 Å². The summed E-state index contributed by atoms with van der Waals surface area (Å²) in [5.41, 5.74) is 7.02. The standard InChI is InChI=1S/C38H32N2O4S2/c1-27-13-21-35(22-14-27)45(41,42)39-37-11-7-5-9-31(37)17-19-33-25-29(3)30(4)26-34(33)20-18-32-10-6-8-12-38(32)40-46(43,44)36-23-15-28(2)16-24-36/h5-16,21-26,39-40H,1-4H3. The van der Waals surface area contributed by atoms with Gasteiger partial charge < -0.3 is 0 Å². The van der Waals surface area contributed by atoms with Crippen LogP contribution >= 0.6 is 0 Å². The van der Waals surface area contributed by atoms with Crippen molar-refractivity contribution in [1.82, 2.24) is 0 Å². The van der Waals surface area contributed by atoms with E-state index in [-0.39, 0.29) is 9.79 Å². The van der Waals surface area contributed by atoms with Crippen LogP contribution in [-0.2, 0) is 20.0 Å². The van der Waals surface area contributed by atoms with E-state index in [0.717, 1.165) is 22.3 Å². The van der Waals surface area contributed by atoms with Crippen molar-refractivity contribution in [3.05, 3.63) is 154 Å². The van der Waals surface area contributed by atoms with Gasteiger partial charge in [-0.3, -0.25) is 9.44 Å². The van der Waals surface area contributed by atoms with E-state index in [9.17, 15) is 16.8 Å². The second-order valence-electron chi connectivity index (χ2n) is 10.9. The molecule has 0 fully saturated rings. The fourth-order valence-corrected chi connectivity index (χ4v) is 6.66. The van der Waals surface area contributed by atoms with Crippen molar-refractivity contribution in [1.29, 1.82) is 0 Å². The molecule has 0 aliphatic carbocycles. The monoisotopic (exact) mass is 644 g/mol. The molecule has 5 aromatic rings. The van der Waals surface area contributed by atoms with E-state index in [0.29, 0.717) is 33.6 Å². The summed E-state index contributed by atoms with van der Waals surface area (Å²) in [5.74, 6) is 12.6. The number of hydrogen-bond acceptors (Lipinski definition) is 4. The molecule has 0 heterocycles. The number of anilines is 2. The van der Waals surface area contributed by atoms with Gasteiger partial charge in [-0.05, 0) is 99.5 Å². The van der Waals surface area contributed by atoms with Crippen molar-refractivity contribution in [3.8, 4) is 23.7 Å². The van der Waals surface area contributed by atoms with Crippen molar-refractivity contribution in [2.45, 2.75) is 37.5 Å². The number of sulfonamides is 2. The first-order valence-electron chi connectivity index (χ1n) is 14.4. The molecule has 0 aliphatic heterocycles. The molecular formula is C38H32N2O4S2. The Hall–Kier alpha value is -5.28. The molecule has 5 aromatic carbocycles. The maximum Gasteiger partial charge on any atom is 0.261 e. The van der Waals surface area contributed by atoms with Gasteiger partial charge in [0.25, 0.3) is 20.0 Å². The zero-order valence-corrected chi connectivity index (χ0v) is 27.5. The lowest BCUT2D eigenvalue weighted by Crippen LogP contribution is -2.13. The van der Waals surface area contributed by atoms with E-state index in [4.69, 9.17) is 0 Å². The van der Waals surface area contributed by atoms with E-state index in [2.05, 4.69) is 33.1 Å². The summed E-state index contributed by atoms with van der Waals surface area (Å²) in [5, 5.41) is 0. The third-order valence-corrected chi connectivity index (χ3v) is 10.1. The Morgan fingerprint density at radius 2 is 0.761 bits per heavy atom. The summed E-state index contributed by atoms with van der Waals surface area (Å²) in [4.78, 5) is 0.322. The van der Waals surface area contributed by atoms with Crippen LogP contribution in [0, 0.1) is 51.4 Å². The van der Waals surface area contributed by atoms with Crippen molar-refractivity contribution < 1.29 is 16.8 Å². The summed E-state index contributed by atoms with van der Waals surface area (Å²) in [6, 6.07) is 31.1. The van der Waals surface area contributed by atoms with Gasteiger partial charge in [-0.25, -0.2) is 16.8 Å². The lowest BCUT2D eigenvalue weighted by Gasteiger charge is -2.10. The summed E-state index contributed by atoms with van der Waals surface area (Å²) in [7, 11) is -7.64. The highest BCUT2D eigenvalue weighted by Gasteiger charge is 2.16. The molecule has 0 bridgehead atoms. The van der Waals surface area contributed by atoms with Crippen LogP contribution in [-0.4, -0.2) is 16.8 Å². The SMILES string of the molecule is Cc1ccc(S(=O)(=O)Nc2ccccc2C#Cc2cc(C)c(C)cc2C#Cc2ccccc2NS(=O)(=O)c2ccc(C)cc2)cc1. The molecule has 2 N–H and O–H groups in total. The highest BCUT2D eigenvalue weighted by Crippen LogP contribution is 2.23. The molecule has 230 valence electrons. The number of rotatable bonds is 6. The van der Waals surface area contributed by atoms with E-state index < -0.39 is 20.0 Å². The first-order chi connectivity index (χ1) is 21.9. The average molecular weight is 645 g/mol. The Balaban J connectivity index is 1.48. The largest absolute Gasteiger partial charge is 0.278 e. The van der Waals surface area contributed by atoms with E-state index >= 15 is 0 Å². The number of aryl methyl sites for hydroxylation is 4. The van der Waals surface area contributed by atoms with Crippen LogP contribution in [0.5, 0.6) is 0 Å². The molecule has 0 radical (unpaired) electrons. The predicted molar refractivity (Wildman–Crippen MR) is 185 cm³/mol. The van der Waals surface area contributed by atoms with Gasteiger partial charge in [-0.2, -0.15) is 0 Å². The third-order valence-electron chi connectivity index (χ3n) is 7.30. The lowest BCUT2D eigenvalue weighted by atomic mass is 9.99. The van der Waals surface area contributed by atoms with Gasteiger partial charge >= 0.3 is 0 Å². The number of para-hydroxylation sites is 2. The Bertz CT molecular complexity index is 2110. The molecule has 0 atom stereocenters. The molecule has 0 saturated heterocycles. The zero-order valence-electron chi connectivity index (χ0n) is 25.8. The van der Waals surface area contributed by atoms with Gasteiger partial charge in [0.15, 0.2) is 0 Å². The summed E-state index contributed by atoms with van der Waals surface area (Å²) < 4.78 is 57.7. The van der Waals surface area contributed by atoms with Crippen LogP contribution in [0.4, 0.5) is 11.4 Å². The molecule has 0 aliphatic rings. The fourth-order valence-electron chi connectivity index (χ4n) is 4.50. The fraction of sp³-hybridized carbons (Fsp3) is 0.105. The summed E-state index contributed by atoms with van der Waals surface area (Å²) >= 11 is 0. The molecule has 6 nitrogen and oxygen atoms in total. The predicted octanol–water partition coefficient (Wildman–Crippen LogP) is 7.32. The Morgan fingerprint density at radius 1 is 0.435 bits per heavy atom.